The third kappa shape index (κ3) is 12.3. The minimum absolute atomic E-state index is 0.0653. The molecule has 2 heterocycles. The predicted molar refractivity (Wildman–Crippen MR) is 179 cm³/mol. The van der Waals surface area contributed by atoms with E-state index in [1.54, 1.807) is 0 Å². The molecule has 0 saturated carbocycles. The smallest absolute Gasteiger partial charge is 0.271 e. The van der Waals surface area contributed by atoms with Gasteiger partial charge in [0.25, 0.3) is 5.69 Å². The first-order chi connectivity index (χ1) is 24.0. The van der Waals surface area contributed by atoms with Crippen molar-refractivity contribution in [1.29, 1.82) is 0 Å². The van der Waals surface area contributed by atoms with Crippen LogP contribution in [0.4, 0.5) is 11.4 Å². The molecule has 0 unspecified atom stereocenters. The van der Waals surface area contributed by atoms with Crippen LogP contribution in [0.15, 0.2) is 18.2 Å². The maximum absolute atomic E-state index is 12.8. The molecular formula is C34H56N2O14. The maximum Gasteiger partial charge on any atom is 0.271 e. The van der Waals surface area contributed by atoms with E-state index in [0.717, 1.165) is 37.8 Å². The number of rotatable bonds is 22. The second-order valence-corrected chi connectivity index (χ2v) is 13.1. The Labute approximate surface area is 292 Å². The van der Waals surface area contributed by atoms with Crippen LogP contribution in [0.25, 0.3) is 0 Å². The fourth-order valence-corrected chi connectivity index (χ4v) is 6.13. The zero-order valence-electron chi connectivity index (χ0n) is 28.8. The van der Waals surface area contributed by atoms with E-state index in [9.17, 15) is 50.7 Å². The number of unbranched alkanes of at least 4 members (excludes halogenated alkanes) is 12. The Morgan fingerprint density at radius 1 is 0.760 bits per heavy atom. The maximum atomic E-state index is 12.8. The summed E-state index contributed by atoms with van der Waals surface area (Å²) in [4.78, 5) is 23.6. The molecule has 16 nitrogen and oxygen atoms in total. The van der Waals surface area contributed by atoms with Gasteiger partial charge in [0.1, 0.15) is 54.6 Å². The van der Waals surface area contributed by atoms with Crippen LogP contribution in [0.3, 0.4) is 0 Å². The molecule has 2 aliphatic heterocycles. The molecule has 0 aliphatic carbocycles. The molecule has 1 amide bonds. The monoisotopic (exact) mass is 716 g/mol. The summed E-state index contributed by atoms with van der Waals surface area (Å²) in [5.74, 6) is -0.514. The molecule has 1 aromatic carbocycles. The lowest BCUT2D eigenvalue weighted by Crippen LogP contribution is -2.65. The minimum atomic E-state index is -1.85. The highest BCUT2D eigenvalue weighted by molar-refractivity contribution is 5.92. The topological polar surface area (TPSA) is 251 Å². The van der Waals surface area contributed by atoms with Gasteiger partial charge >= 0.3 is 0 Å². The van der Waals surface area contributed by atoms with Crippen LogP contribution in [0.5, 0.6) is 5.75 Å². The van der Waals surface area contributed by atoms with E-state index in [1.165, 1.54) is 57.4 Å². The summed E-state index contributed by atoms with van der Waals surface area (Å²) in [5, 5.41) is 85.8. The van der Waals surface area contributed by atoms with Crippen LogP contribution in [0.2, 0.25) is 0 Å². The van der Waals surface area contributed by atoms with Gasteiger partial charge in [0.2, 0.25) is 12.2 Å². The van der Waals surface area contributed by atoms with Crippen molar-refractivity contribution < 1.29 is 64.4 Å². The second kappa shape index (κ2) is 21.8. The number of nitrogens with one attached hydrogen (secondary N) is 1. The first-order valence-electron chi connectivity index (χ1n) is 17.9. The fourth-order valence-electron chi connectivity index (χ4n) is 6.13. The largest absolute Gasteiger partial charge is 0.460 e. The van der Waals surface area contributed by atoms with Gasteiger partial charge in [0.05, 0.1) is 23.8 Å². The second-order valence-electron chi connectivity index (χ2n) is 13.1. The van der Waals surface area contributed by atoms with Crippen molar-refractivity contribution in [3.05, 3.63) is 28.3 Å². The average molecular weight is 717 g/mol. The summed E-state index contributed by atoms with van der Waals surface area (Å²) < 4.78 is 22.3. The van der Waals surface area contributed by atoms with E-state index in [0.29, 0.717) is 6.42 Å². The Hall–Kier alpha value is -2.51. The number of anilines is 1. The van der Waals surface area contributed by atoms with Gasteiger partial charge in [-0.15, -0.1) is 0 Å². The van der Waals surface area contributed by atoms with Crippen LogP contribution < -0.4 is 10.1 Å². The standard InChI is InChI=1S/C34H56N2O14/c1-2-3-4-5-6-7-8-9-10-11-12-13-14-15-26(39)35-22-18-21(36(45)46)16-17-23(22)47-33-31(44)29(42)32(25(20-38)49-33)50-34-30(43)28(41)27(40)24(19-37)48-34/h16-18,24-25,27-34,37-38,40-44H,2-15,19-20H2,1H3,(H,35,39)/t24-,25-,27+,28+,29-,30-,31-,32-,33-,34+/m1/s1. The van der Waals surface area contributed by atoms with Gasteiger partial charge in [-0.2, -0.15) is 0 Å². The molecule has 0 bridgehead atoms. The Morgan fingerprint density at radius 3 is 1.86 bits per heavy atom. The summed E-state index contributed by atoms with van der Waals surface area (Å²) in [5.41, 5.74) is -0.399. The molecule has 50 heavy (non-hydrogen) atoms. The van der Waals surface area contributed by atoms with Gasteiger partial charge in [-0.1, -0.05) is 84.0 Å². The molecule has 16 heteroatoms. The van der Waals surface area contributed by atoms with Crippen molar-refractivity contribution >= 4 is 17.3 Å². The summed E-state index contributed by atoms with van der Waals surface area (Å²) in [7, 11) is 0. The lowest BCUT2D eigenvalue weighted by Gasteiger charge is -2.45. The van der Waals surface area contributed by atoms with Crippen molar-refractivity contribution in [1.82, 2.24) is 0 Å². The number of hydrogen-bond donors (Lipinski definition) is 8. The van der Waals surface area contributed by atoms with Crippen LogP contribution in [0.1, 0.15) is 96.8 Å². The molecule has 2 aliphatic rings. The number of non-ortho nitro benzene ring substituents is 1. The van der Waals surface area contributed by atoms with E-state index < -0.39 is 85.5 Å². The quantitative estimate of drug-likeness (QED) is 0.0486. The fraction of sp³-hybridized carbons (Fsp3) is 0.794. The van der Waals surface area contributed by atoms with Crippen molar-refractivity contribution in [2.24, 2.45) is 0 Å². The molecule has 10 atom stereocenters. The Morgan fingerprint density at radius 2 is 1.30 bits per heavy atom. The number of nitro groups is 1. The molecule has 286 valence electrons. The number of hydrogen-bond acceptors (Lipinski definition) is 14. The predicted octanol–water partition coefficient (Wildman–Crippen LogP) is 2.02. The molecule has 2 saturated heterocycles. The van der Waals surface area contributed by atoms with Gasteiger partial charge in [-0.3, -0.25) is 14.9 Å². The van der Waals surface area contributed by atoms with Crippen LogP contribution >= 0.6 is 0 Å². The van der Waals surface area contributed by atoms with Gasteiger partial charge in [-0.05, 0) is 12.5 Å². The minimum Gasteiger partial charge on any atom is -0.460 e. The molecule has 0 radical (unpaired) electrons. The first kappa shape index (κ1) is 41.9. The Balaban J connectivity index is 1.53. The number of benzene rings is 1. The molecule has 8 N–H and O–H groups in total. The third-order valence-electron chi connectivity index (χ3n) is 9.16. The van der Waals surface area contributed by atoms with E-state index in [-0.39, 0.29) is 23.5 Å². The van der Waals surface area contributed by atoms with E-state index >= 15 is 0 Å². The van der Waals surface area contributed by atoms with Crippen molar-refractivity contribution in [3.8, 4) is 5.75 Å². The third-order valence-corrected chi connectivity index (χ3v) is 9.16. The highest BCUT2D eigenvalue weighted by Crippen LogP contribution is 2.34. The number of ether oxygens (including phenoxy) is 4. The highest BCUT2D eigenvalue weighted by atomic mass is 16.7. The summed E-state index contributed by atoms with van der Waals surface area (Å²) in [6, 6.07) is 3.42. The number of amides is 1. The van der Waals surface area contributed by atoms with Gasteiger partial charge in [0, 0.05) is 18.6 Å². The van der Waals surface area contributed by atoms with Crippen LogP contribution in [0, 0.1) is 10.1 Å². The number of aliphatic hydroxyl groups excluding tert-OH is 7. The molecule has 3 rings (SSSR count). The van der Waals surface area contributed by atoms with Crippen LogP contribution in [-0.4, -0.2) is 121 Å². The Bertz CT molecular complexity index is 1160. The van der Waals surface area contributed by atoms with E-state index in [4.69, 9.17) is 18.9 Å². The zero-order valence-corrected chi connectivity index (χ0v) is 28.8. The normalized spacial score (nSPS) is 29.8. The lowest BCUT2D eigenvalue weighted by molar-refractivity contribution is -0.384. The SMILES string of the molecule is CCCCCCCCCCCCCCCC(=O)Nc1cc([N+](=O)[O-])ccc1O[C@@H]1O[C@H](CO)[C@@H](O[C@@H]2O[C@H](CO)[C@H](O)[C@H](O)[C@H]2O)[C@H](O)[C@H]1O. The van der Waals surface area contributed by atoms with Gasteiger partial charge < -0.3 is 60.0 Å². The lowest BCUT2D eigenvalue weighted by atomic mass is 9.97. The number of carbonyl (C=O) groups excluding carboxylic acids is 1. The number of nitrogens with zero attached hydrogens (tertiary/aromatic N) is 1. The first-order valence-corrected chi connectivity index (χ1v) is 17.9. The van der Waals surface area contributed by atoms with Gasteiger partial charge in [0.15, 0.2) is 6.29 Å². The summed E-state index contributed by atoms with van der Waals surface area (Å²) in [6.45, 7) is 0.701. The molecule has 2 fully saturated rings. The summed E-state index contributed by atoms with van der Waals surface area (Å²) in [6.07, 6.45) is -1.38. The highest BCUT2D eigenvalue weighted by Gasteiger charge is 2.51. The molecule has 0 spiro atoms. The van der Waals surface area contributed by atoms with Gasteiger partial charge in [-0.25, -0.2) is 0 Å². The average Bonchev–Trinajstić information content (AvgIpc) is 3.10. The number of nitro benzene ring substituents is 1. The summed E-state index contributed by atoms with van der Waals surface area (Å²) >= 11 is 0. The van der Waals surface area contributed by atoms with Crippen molar-refractivity contribution in [2.75, 3.05) is 18.5 Å². The molecule has 1 aromatic rings. The van der Waals surface area contributed by atoms with Crippen molar-refractivity contribution in [3.63, 3.8) is 0 Å². The van der Waals surface area contributed by atoms with Crippen molar-refractivity contribution in [2.45, 2.75) is 158 Å². The Kier molecular flexibility index (Phi) is 18.2. The molecular weight excluding hydrogens is 660 g/mol. The van der Waals surface area contributed by atoms with E-state index in [2.05, 4.69) is 12.2 Å². The zero-order chi connectivity index (χ0) is 36.6. The van der Waals surface area contributed by atoms with E-state index in [1.807, 2.05) is 0 Å². The number of carbonyl (C=O) groups is 1. The van der Waals surface area contributed by atoms with Crippen LogP contribution in [-0.2, 0) is 19.0 Å². The number of aliphatic hydroxyl groups is 7. The molecule has 0 aromatic heterocycles.